The SMILES string of the molecule is Cc1ccccc1C(N1CCOCC1)N1CCN(C(=O)OC(C)(C)C)CC1. The van der Waals surface area contributed by atoms with Gasteiger partial charge in [-0.2, -0.15) is 0 Å². The smallest absolute Gasteiger partial charge is 0.410 e. The molecule has 2 aliphatic heterocycles. The molecule has 0 bridgehead atoms. The van der Waals surface area contributed by atoms with Crippen LogP contribution in [0.4, 0.5) is 4.79 Å². The van der Waals surface area contributed by atoms with Crippen molar-refractivity contribution in [1.29, 1.82) is 0 Å². The molecule has 0 aliphatic carbocycles. The largest absolute Gasteiger partial charge is 0.444 e. The first-order valence-corrected chi connectivity index (χ1v) is 9.94. The molecule has 2 heterocycles. The van der Waals surface area contributed by atoms with Gasteiger partial charge in [-0.25, -0.2) is 4.79 Å². The zero-order valence-electron chi connectivity index (χ0n) is 17.1. The van der Waals surface area contributed by atoms with Gasteiger partial charge in [-0.1, -0.05) is 24.3 Å². The van der Waals surface area contributed by atoms with E-state index in [1.807, 2.05) is 25.7 Å². The summed E-state index contributed by atoms with van der Waals surface area (Å²) in [5, 5.41) is 0. The standard InChI is InChI=1S/C21H33N3O3/c1-17-7-5-6-8-18(17)19(23-13-15-26-16-14-23)22-9-11-24(12-10-22)20(25)27-21(2,3)4/h5-8,19H,9-16H2,1-4H3. The number of carbonyl (C=O) groups excluding carboxylic acids is 1. The molecule has 6 nitrogen and oxygen atoms in total. The number of morpholine rings is 1. The number of ether oxygens (including phenoxy) is 2. The van der Waals surface area contributed by atoms with Crippen molar-refractivity contribution in [1.82, 2.24) is 14.7 Å². The van der Waals surface area contributed by atoms with Crippen LogP contribution in [0.1, 0.15) is 38.1 Å². The molecule has 2 aliphatic rings. The van der Waals surface area contributed by atoms with E-state index in [-0.39, 0.29) is 12.3 Å². The zero-order valence-corrected chi connectivity index (χ0v) is 17.1. The summed E-state index contributed by atoms with van der Waals surface area (Å²) in [6.07, 6.45) is 0.0249. The molecule has 1 aromatic rings. The topological polar surface area (TPSA) is 45.2 Å². The van der Waals surface area contributed by atoms with E-state index in [0.29, 0.717) is 13.1 Å². The minimum Gasteiger partial charge on any atom is -0.444 e. The molecule has 1 aromatic carbocycles. The van der Waals surface area contributed by atoms with E-state index in [9.17, 15) is 4.79 Å². The van der Waals surface area contributed by atoms with Crippen molar-refractivity contribution in [3.8, 4) is 0 Å². The molecule has 2 fully saturated rings. The normalized spacial score (nSPS) is 21.1. The van der Waals surface area contributed by atoms with Crippen molar-refractivity contribution in [3.63, 3.8) is 0 Å². The molecule has 0 spiro atoms. The molecule has 0 N–H and O–H groups in total. The highest BCUT2D eigenvalue weighted by Gasteiger charge is 2.33. The number of hydrogen-bond acceptors (Lipinski definition) is 5. The minimum atomic E-state index is -0.453. The lowest BCUT2D eigenvalue weighted by molar-refractivity contribution is -0.0509. The molecular formula is C21H33N3O3. The Balaban J connectivity index is 1.71. The second kappa shape index (κ2) is 8.59. The van der Waals surface area contributed by atoms with Crippen LogP contribution in [0.3, 0.4) is 0 Å². The highest BCUT2D eigenvalue weighted by Crippen LogP contribution is 2.29. The lowest BCUT2D eigenvalue weighted by Crippen LogP contribution is -2.55. The van der Waals surface area contributed by atoms with Crippen LogP contribution < -0.4 is 0 Å². The predicted octanol–water partition coefficient (Wildman–Crippen LogP) is 2.88. The fourth-order valence-corrected chi connectivity index (χ4v) is 3.80. The Morgan fingerprint density at radius 3 is 2.19 bits per heavy atom. The van der Waals surface area contributed by atoms with E-state index in [4.69, 9.17) is 9.47 Å². The maximum absolute atomic E-state index is 12.4. The average molecular weight is 376 g/mol. The molecule has 1 amide bonds. The Bertz CT molecular complexity index is 630. The number of piperazine rings is 1. The Kier molecular flexibility index (Phi) is 6.40. The summed E-state index contributed by atoms with van der Waals surface area (Å²) >= 11 is 0. The van der Waals surface area contributed by atoms with Gasteiger partial charge in [-0.3, -0.25) is 9.80 Å². The fourth-order valence-electron chi connectivity index (χ4n) is 3.80. The van der Waals surface area contributed by atoms with E-state index < -0.39 is 5.60 Å². The summed E-state index contributed by atoms with van der Waals surface area (Å²) in [4.78, 5) is 19.2. The van der Waals surface area contributed by atoms with E-state index in [1.54, 1.807) is 0 Å². The first kappa shape index (κ1) is 20.1. The van der Waals surface area contributed by atoms with Gasteiger partial charge in [-0.15, -0.1) is 0 Å². The van der Waals surface area contributed by atoms with E-state index in [1.165, 1.54) is 11.1 Å². The second-order valence-electron chi connectivity index (χ2n) is 8.38. The summed E-state index contributed by atoms with van der Waals surface area (Å²) in [6.45, 7) is 14.4. The van der Waals surface area contributed by atoms with Gasteiger partial charge in [0.15, 0.2) is 0 Å². The van der Waals surface area contributed by atoms with Gasteiger partial charge in [-0.05, 0) is 38.8 Å². The third-order valence-corrected chi connectivity index (χ3v) is 5.17. The molecule has 150 valence electrons. The number of carbonyl (C=O) groups is 1. The summed E-state index contributed by atoms with van der Waals surface area (Å²) < 4.78 is 11.1. The average Bonchev–Trinajstić information content (AvgIpc) is 2.64. The van der Waals surface area contributed by atoms with Gasteiger partial charge in [0.2, 0.25) is 0 Å². The molecule has 0 saturated carbocycles. The quantitative estimate of drug-likeness (QED) is 0.813. The Morgan fingerprint density at radius 2 is 1.59 bits per heavy atom. The molecule has 0 radical (unpaired) electrons. The van der Waals surface area contributed by atoms with Crippen LogP contribution in [-0.2, 0) is 9.47 Å². The molecule has 3 rings (SSSR count). The molecule has 0 aromatic heterocycles. The summed E-state index contributed by atoms with van der Waals surface area (Å²) in [7, 11) is 0. The fraction of sp³-hybridized carbons (Fsp3) is 0.667. The van der Waals surface area contributed by atoms with Crippen molar-refractivity contribution in [3.05, 3.63) is 35.4 Å². The first-order chi connectivity index (χ1) is 12.8. The predicted molar refractivity (Wildman–Crippen MR) is 106 cm³/mol. The van der Waals surface area contributed by atoms with Crippen molar-refractivity contribution in [2.24, 2.45) is 0 Å². The van der Waals surface area contributed by atoms with Crippen LogP contribution in [-0.4, -0.2) is 78.9 Å². The monoisotopic (exact) mass is 375 g/mol. The lowest BCUT2D eigenvalue weighted by atomic mass is 10.0. The summed E-state index contributed by atoms with van der Waals surface area (Å²) in [5.41, 5.74) is 2.21. The van der Waals surface area contributed by atoms with Crippen LogP contribution in [0.5, 0.6) is 0 Å². The molecule has 6 heteroatoms. The third kappa shape index (κ3) is 5.21. The number of hydrogen-bond donors (Lipinski definition) is 0. The number of nitrogens with zero attached hydrogens (tertiary/aromatic N) is 3. The van der Waals surface area contributed by atoms with E-state index >= 15 is 0 Å². The first-order valence-electron chi connectivity index (χ1n) is 9.94. The Hall–Kier alpha value is -1.63. The van der Waals surface area contributed by atoms with Gasteiger partial charge in [0, 0.05) is 39.3 Å². The zero-order chi connectivity index (χ0) is 19.4. The number of amides is 1. The number of rotatable bonds is 3. The van der Waals surface area contributed by atoms with Gasteiger partial charge < -0.3 is 14.4 Å². The highest BCUT2D eigenvalue weighted by atomic mass is 16.6. The van der Waals surface area contributed by atoms with Crippen molar-refractivity contribution < 1.29 is 14.3 Å². The molecule has 1 unspecified atom stereocenters. The van der Waals surface area contributed by atoms with Crippen LogP contribution in [0.2, 0.25) is 0 Å². The Morgan fingerprint density at radius 1 is 1.00 bits per heavy atom. The van der Waals surface area contributed by atoms with Gasteiger partial charge >= 0.3 is 6.09 Å². The molecule has 27 heavy (non-hydrogen) atoms. The van der Waals surface area contributed by atoms with Crippen LogP contribution in [0.15, 0.2) is 24.3 Å². The molecule has 1 atom stereocenters. The van der Waals surface area contributed by atoms with Crippen LogP contribution in [0, 0.1) is 6.92 Å². The van der Waals surface area contributed by atoms with Crippen molar-refractivity contribution in [2.45, 2.75) is 39.5 Å². The third-order valence-electron chi connectivity index (χ3n) is 5.17. The summed E-state index contributed by atoms with van der Waals surface area (Å²) in [6, 6.07) is 8.62. The van der Waals surface area contributed by atoms with Crippen LogP contribution >= 0.6 is 0 Å². The molecule has 2 saturated heterocycles. The number of benzene rings is 1. The van der Waals surface area contributed by atoms with Crippen molar-refractivity contribution in [2.75, 3.05) is 52.5 Å². The minimum absolute atomic E-state index is 0.207. The maximum atomic E-state index is 12.4. The Labute approximate surface area is 163 Å². The van der Waals surface area contributed by atoms with Gasteiger partial charge in [0.1, 0.15) is 5.60 Å². The van der Waals surface area contributed by atoms with Crippen molar-refractivity contribution >= 4 is 6.09 Å². The van der Waals surface area contributed by atoms with E-state index in [2.05, 4.69) is 41.0 Å². The maximum Gasteiger partial charge on any atom is 0.410 e. The highest BCUT2D eigenvalue weighted by molar-refractivity contribution is 5.68. The van der Waals surface area contributed by atoms with Gasteiger partial charge in [0.25, 0.3) is 0 Å². The van der Waals surface area contributed by atoms with Gasteiger partial charge in [0.05, 0.1) is 19.4 Å². The second-order valence-corrected chi connectivity index (χ2v) is 8.38. The lowest BCUT2D eigenvalue weighted by Gasteiger charge is -2.45. The van der Waals surface area contributed by atoms with Crippen LogP contribution in [0.25, 0.3) is 0 Å². The van der Waals surface area contributed by atoms with E-state index in [0.717, 1.165) is 39.4 Å². The number of aryl methyl sites for hydroxylation is 1. The summed E-state index contributed by atoms with van der Waals surface area (Å²) in [5.74, 6) is 0. The molecular weight excluding hydrogens is 342 g/mol.